The van der Waals surface area contributed by atoms with Crippen molar-refractivity contribution in [1.29, 1.82) is 0 Å². The first-order valence-corrected chi connectivity index (χ1v) is 39.5. The summed E-state index contributed by atoms with van der Waals surface area (Å²) in [6.45, 7) is 9.69. The van der Waals surface area contributed by atoms with Crippen LogP contribution >= 0.6 is 0 Å². The lowest BCUT2D eigenvalue weighted by molar-refractivity contribution is -0.143. The van der Waals surface area contributed by atoms with E-state index < -0.39 is 229 Å². The summed E-state index contributed by atoms with van der Waals surface area (Å²) in [5.74, 6) is -19.0. The van der Waals surface area contributed by atoms with E-state index in [0.29, 0.717) is 42.4 Å². The first-order valence-electron chi connectivity index (χ1n) is 39.5. The van der Waals surface area contributed by atoms with E-state index in [1.54, 1.807) is 102 Å². The van der Waals surface area contributed by atoms with Gasteiger partial charge in [0.2, 0.25) is 88.6 Å². The number of carboxylic acids is 2. The molecule has 0 aliphatic heterocycles. The Hall–Kier alpha value is -11.7. The number of nitrogens with one attached hydrogen (secondary N) is 13. The number of nitrogens with two attached hydrogens (primary N) is 5. The maximum absolute atomic E-state index is 14.7. The number of carbonyl (C=O) groups excluding carboxylic acids is 15. The van der Waals surface area contributed by atoms with Crippen molar-refractivity contribution in [2.75, 3.05) is 26.2 Å². The number of aliphatic carboxylic acids is 2. The molecule has 0 aromatic heterocycles. The summed E-state index contributed by atoms with van der Waals surface area (Å²) in [6, 6.07) is 2.82. The van der Waals surface area contributed by atoms with Crippen molar-refractivity contribution < 1.29 is 102 Å². The molecule has 27 N–H and O–H groups in total. The van der Waals surface area contributed by atoms with E-state index in [2.05, 4.69) is 69.1 Å². The lowest BCUT2D eigenvalue weighted by Gasteiger charge is -2.29. The molecular formula is C79H120N18O21. The lowest BCUT2D eigenvalue weighted by atomic mass is 9.96. The van der Waals surface area contributed by atoms with Gasteiger partial charge in [-0.25, -0.2) is 4.79 Å². The summed E-state index contributed by atoms with van der Waals surface area (Å²) in [5.41, 5.74) is 29.9. The number of hydrogen-bond donors (Lipinski definition) is 22. The van der Waals surface area contributed by atoms with Gasteiger partial charge >= 0.3 is 11.9 Å². The number of unbranched alkanes of at least 4 members (excludes halogenated alkanes) is 2. The molecule has 0 spiro atoms. The highest BCUT2D eigenvalue weighted by Gasteiger charge is 2.39. The molecule has 0 heterocycles. The van der Waals surface area contributed by atoms with E-state index in [1.165, 1.54) is 31.2 Å². The van der Waals surface area contributed by atoms with Crippen LogP contribution < -0.4 is 97.8 Å². The highest BCUT2D eigenvalue weighted by molar-refractivity contribution is 6.01. The van der Waals surface area contributed by atoms with E-state index in [1.807, 2.05) is 0 Å². The van der Waals surface area contributed by atoms with E-state index in [-0.39, 0.29) is 83.0 Å². The molecule has 118 heavy (non-hydrogen) atoms. The lowest BCUT2D eigenvalue weighted by Crippen LogP contribution is -2.61. The highest BCUT2D eigenvalue weighted by Crippen LogP contribution is 2.18. The Morgan fingerprint density at radius 3 is 1.19 bits per heavy atom. The summed E-state index contributed by atoms with van der Waals surface area (Å²) in [6.07, 6.45) is -1.03. The number of amides is 15. The van der Waals surface area contributed by atoms with Gasteiger partial charge in [-0.2, -0.15) is 0 Å². The second kappa shape index (κ2) is 52.8. The third-order valence-corrected chi connectivity index (χ3v) is 19.7. The molecule has 0 radical (unpaired) electrons. The van der Waals surface area contributed by atoms with Gasteiger partial charge in [0.25, 0.3) is 0 Å². The van der Waals surface area contributed by atoms with Gasteiger partial charge < -0.3 is 118 Å². The average molecular weight is 1660 g/mol. The Labute approximate surface area is 685 Å². The van der Waals surface area contributed by atoms with Crippen LogP contribution in [-0.2, 0) is 101 Å². The third kappa shape index (κ3) is 36.2. The van der Waals surface area contributed by atoms with Gasteiger partial charge in [0.1, 0.15) is 78.3 Å². The predicted molar refractivity (Wildman–Crippen MR) is 430 cm³/mol. The SMILES string of the molecule is CC[C@H](C)[C@H](NC(=O)CNC(=O)[C@@H](NC(=O)[C@H](Cc1ccccc1)NC(=O)[C@H](CCCCN)NC(=O)[C@H](CO)NC(=O)[C@H](CC(N)=O)NC(=O)[C@H](C)NC(=O)[C@H](CCCCN)NC(=O)[C@@H](NC(=O)[C@H](Cc1ccc(O)cc1)NC(=O)[C@@H](N)CCC(N)=O)[C@@H](C)CC)[C@@H](C)CC)C(=O)N[C@@H](Cc1ccccc1)C(=O)N[C@@H](CCC(=O)O)C(=O)O. The number of primary amides is 2. The maximum atomic E-state index is 14.7. The number of hydrogen-bond acceptors (Lipinski definition) is 22. The number of aromatic hydroxyl groups is 1. The first-order chi connectivity index (χ1) is 55.9. The molecule has 0 fully saturated rings. The Morgan fingerprint density at radius 1 is 0.373 bits per heavy atom. The van der Waals surface area contributed by atoms with Gasteiger partial charge in [-0.1, -0.05) is 134 Å². The fourth-order valence-electron chi connectivity index (χ4n) is 12.0. The second-order valence-electron chi connectivity index (χ2n) is 29.2. The predicted octanol–water partition coefficient (Wildman–Crippen LogP) is -3.82. The minimum Gasteiger partial charge on any atom is -0.508 e. The van der Waals surface area contributed by atoms with Crippen LogP contribution in [0.4, 0.5) is 0 Å². The number of aliphatic hydroxyl groups excluding tert-OH is 1. The standard InChI is InChI=1S/C79H120N18O21/c1-8-43(4)64(76(114)85-41-62(102)95-65(44(5)9-2)77(115)93-55(37-47-21-13-11-14-22-47)71(109)89-54(79(117)118)32-34-63(103)104)96-74(112)57(38-48-23-15-12-16-24-48)92-70(108)53(26-18-20-36-81)87-75(113)59(42-98)94-72(110)58(40-61(84)101)90-67(105)46(7)86-69(107)52(25-17-19-35-80)88-78(116)66(45(6)10-3)97-73(111)56(39-49-27-29-50(99)30-28-49)91-68(106)51(82)31-33-60(83)100/h11-16,21-24,27-30,43-46,51-59,64-66,98-99H,8-10,17-20,25-26,31-42,80-82H2,1-7H3,(H2,83,100)(H2,84,101)(H,85,114)(H,86,107)(H,87,113)(H,88,116)(H,89,109)(H,90,105)(H,91,106)(H,92,108)(H,93,115)(H,94,110)(H,95,102)(H,96,112)(H,97,111)(H,103,104)(H,117,118)/t43-,44-,45-,46-,51-,52-,53-,54-,55-,56-,57-,58-,59-,64-,65-,66-/m0/s1. The molecule has 16 atom stereocenters. The minimum absolute atomic E-state index is 0.0573. The number of rotatable bonds is 56. The van der Waals surface area contributed by atoms with Crippen molar-refractivity contribution in [3.63, 3.8) is 0 Å². The van der Waals surface area contributed by atoms with Gasteiger partial charge in [0, 0.05) is 32.1 Å². The van der Waals surface area contributed by atoms with Crippen LogP contribution in [0.15, 0.2) is 84.9 Å². The van der Waals surface area contributed by atoms with E-state index in [4.69, 9.17) is 28.7 Å². The van der Waals surface area contributed by atoms with E-state index in [9.17, 15) is 102 Å². The smallest absolute Gasteiger partial charge is 0.326 e. The molecule has 15 amide bonds. The summed E-state index contributed by atoms with van der Waals surface area (Å²) in [5, 5.41) is 72.2. The molecule has 0 bridgehead atoms. The van der Waals surface area contributed by atoms with Crippen molar-refractivity contribution in [2.45, 2.75) is 236 Å². The number of phenolic OH excluding ortho intramolecular Hbond substituents is 1. The Morgan fingerprint density at radius 2 is 0.746 bits per heavy atom. The van der Waals surface area contributed by atoms with E-state index >= 15 is 0 Å². The molecule has 0 aliphatic rings. The van der Waals surface area contributed by atoms with Crippen molar-refractivity contribution in [2.24, 2.45) is 46.4 Å². The minimum atomic E-state index is -1.92. The summed E-state index contributed by atoms with van der Waals surface area (Å²) in [4.78, 5) is 231. The fourth-order valence-corrected chi connectivity index (χ4v) is 12.0. The first kappa shape index (κ1) is 100. The molecule has 39 nitrogen and oxygen atoms in total. The average Bonchev–Trinajstić information content (AvgIpc) is 0.852. The van der Waals surface area contributed by atoms with Crippen LogP contribution in [0, 0.1) is 17.8 Å². The summed E-state index contributed by atoms with van der Waals surface area (Å²) in [7, 11) is 0. The zero-order chi connectivity index (χ0) is 88.3. The zero-order valence-electron chi connectivity index (χ0n) is 67.8. The van der Waals surface area contributed by atoms with Crippen LogP contribution in [0.3, 0.4) is 0 Å². The summed E-state index contributed by atoms with van der Waals surface area (Å²) >= 11 is 0. The largest absolute Gasteiger partial charge is 0.508 e. The van der Waals surface area contributed by atoms with Crippen molar-refractivity contribution in [3.8, 4) is 5.75 Å². The molecular weight excluding hydrogens is 1540 g/mol. The normalized spacial score (nSPS) is 15.1. The number of aliphatic hydroxyl groups is 1. The fraction of sp³-hybridized carbons (Fsp3) is 0.557. The molecule has 0 unspecified atom stereocenters. The molecule has 3 aromatic carbocycles. The van der Waals surface area contributed by atoms with Crippen molar-refractivity contribution in [3.05, 3.63) is 102 Å². The number of phenols is 1. The van der Waals surface area contributed by atoms with Gasteiger partial charge in [0.15, 0.2) is 0 Å². The molecule has 0 aliphatic carbocycles. The number of carbonyl (C=O) groups is 17. The van der Waals surface area contributed by atoms with Gasteiger partial charge in [-0.3, -0.25) is 76.7 Å². The van der Waals surface area contributed by atoms with Crippen LogP contribution in [0.5, 0.6) is 5.75 Å². The topological polar surface area (TPSA) is 658 Å². The Balaban J connectivity index is 1.85. The van der Waals surface area contributed by atoms with Gasteiger partial charge in [0.05, 0.1) is 25.6 Å². The summed E-state index contributed by atoms with van der Waals surface area (Å²) < 4.78 is 0. The third-order valence-electron chi connectivity index (χ3n) is 19.7. The van der Waals surface area contributed by atoms with Crippen LogP contribution in [0.1, 0.15) is 155 Å². The maximum Gasteiger partial charge on any atom is 0.326 e. The zero-order valence-corrected chi connectivity index (χ0v) is 67.8. The molecule has 0 saturated carbocycles. The highest BCUT2D eigenvalue weighted by atomic mass is 16.4. The number of carboxylic acid groups (broad SMARTS) is 2. The Kier molecular flexibility index (Phi) is 45.0. The molecule has 3 rings (SSSR count). The van der Waals surface area contributed by atoms with Gasteiger partial charge in [-0.05, 0) is 118 Å². The second-order valence-corrected chi connectivity index (χ2v) is 29.2. The van der Waals surface area contributed by atoms with Crippen molar-refractivity contribution in [1.82, 2.24) is 69.1 Å². The van der Waals surface area contributed by atoms with Crippen molar-refractivity contribution >= 4 is 101 Å². The van der Waals surface area contributed by atoms with Gasteiger partial charge in [-0.15, -0.1) is 0 Å². The molecule has 0 saturated heterocycles. The number of benzene rings is 3. The van der Waals surface area contributed by atoms with Crippen LogP contribution in [-0.4, -0.2) is 226 Å². The van der Waals surface area contributed by atoms with E-state index in [0.717, 1.165) is 0 Å². The molecule has 3 aromatic rings. The quantitative estimate of drug-likeness (QED) is 0.0241. The molecule has 652 valence electrons. The monoisotopic (exact) mass is 1660 g/mol. The Bertz CT molecular complexity index is 3840. The molecule has 39 heteroatoms. The van der Waals surface area contributed by atoms with Crippen LogP contribution in [0.25, 0.3) is 0 Å². The van der Waals surface area contributed by atoms with Crippen LogP contribution in [0.2, 0.25) is 0 Å².